The van der Waals surface area contributed by atoms with Crippen LogP contribution in [0.3, 0.4) is 0 Å². The monoisotopic (exact) mass is 423 g/mol. The molecule has 4 aliphatic rings. The first-order valence-electron chi connectivity index (χ1n) is 12.6. The topological polar surface area (TPSA) is 43.9 Å². The number of hydrogen-bond donors (Lipinski definition) is 0. The highest BCUT2D eigenvalue weighted by Gasteiger charge is 2.49. The van der Waals surface area contributed by atoms with E-state index in [-0.39, 0.29) is 11.9 Å². The molecule has 1 aromatic rings. The summed E-state index contributed by atoms with van der Waals surface area (Å²) in [4.78, 5) is 33.2. The fraction of sp³-hybridized carbons (Fsp3) is 0.692. The Morgan fingerprint density at radius 3 is 2.42 bits per heavy atom. The molecule has 168 valence electrons. The molecule has 0 saturated carbocycles. The van der Waals surface area contributed by atoms with E-state index in [0.717, 1.165) is 50.9 Å². The van der Waals surface area contributed by atoms with Gasteiger partial charge < -0.3 is 9.80 Å². The highest BCUT2D eigenvalue weighted by molar-refractivity contribution is 5.94. The zero-order valence-electron chi connectivity index (χ0n) is 18.8. The van der Waals surface area contributed by atoms with Crippen LogP contribution in [-0.4, -0.2) is 71.3 Å². The fourth-order valence-corrected chi connectivity index (χ4v) is 6.93. The lowest BCUT2D eigenvalue weighted by molar-refractivity contribution is -0.130. The van der Waals surface area contributed by atoms with Gasteiger partial charge in [-0.1, -0.05) is 18.2 Å². The molecule has 4 fully saturated rings. The van der Waals surface area contributed by atoms with Crippen LogP contribution in [0.2, 0.25) is 0 Å². The van der Waals surface area contributed by atoms with Crippen molar-refractivity contribution in [1.29, 1.82) is 0 Å². The molecule has 0 N–H and O–H groups in total. The van der Waals surface area contributed by atoms with Crippen molar-refractivity contribution in [3.8, 4) is 0 Å². The molecular formula is C26H37N3O2. The first-order chi connectivity index (χ1) is 15.2. The highest BCUT2D eigenvalue weighted by Crippen LogP contribution is 2.43. The number of carbonyl (C=O) groups excluding carboxylic acids is 2. The number of amides is 2. The molecule has 4 atom stereocenters. The third-order valence-corrected chi connectivity index (χ3v) is 8.30. The van der Waals surface area contributed by atoms with Crippen LogP contribution in [0.15, 0.2) is 30.3 Å². The van der Waals surface area contributed by atoms with Crippen LogP contribution in [-0.2, 0) is 4.79 Å². The second kappa shape index (κ2) is 9.32. The van der Waals surface area contributed by atoms with Crippen LogP contribution >= 0.6 is 0 Å². The number of rotatable bonds is 5. The van der Waals surface area contributed by atoms with E-state index < -0.39 is 0 Å². The van der Waals surface area contributed by atoms with Crippen molar-refractivity contribution in [3.05, 3.63) is 35.9 Å². The Balaban J connectivity index is 1.34. The van der Waals surface area contributed by atoms with E-state index in [2.05, 4.69) is 9.80 Å². The van der Waals surface area contributed by atoms with E-state index in [0.29, 0.717) is 30.2 Å². The molecular weight excluding hydrogens is 386 g/mol. The van der Waals surface area contributed by atoms with E-state index in [1.54, 1.807) is 0 Å². The zero-order chi connectivity index (χ0) is 21.2. The maximum atomic E-state index is 13.6. The molecule has 0 bridgehead atoms. The predicted molar refractivity (Wildman–Crippen MR) is 122 cm³/mol. The maximum absolute atomic E-state index is 13.6. The Bertz CT molecular complexity index is 774. The SMILES string of the molecule is O=C(CCC[C@@H]1[C@H]2CCCN3CCC[C@@H](CN1C(=O)c1ccccc1)[C@@H]23)N1CCCC1. The first kappa shape index (κ1) is 21.0. The number of nitrogens with zero attached hydrogens (tertiary/aromatic N) is 3. The van der Waals surface area contributed by atoms with Crippen LogP contribution in [0.4, 0.5) is 0 Å². The summed E-state index contributed by atoms with van der Waals surface area (Å²) >= 11 is 0. The summed E-state index contributed by atoms with van der Waals surface area (Å²) in [5, 5.41) is 0. The van der Waals surface area contributed by atoms with Crippen LogP contribution in [0.25, 0.3) is 0 Å². The smallest absolute Gasteiger partial charge is 0.254 e. The van der Waals surface area contributed by atoms with Gasteiger partial charge in [0.15, 0.2) is 0 Å². The summed E-state index contributed by atoms with van der Waals surface area (Å²) in [6, 6.07) is 10.7. The van der Waals surface area contributed by atoms with Gasteiger partial charge in [0.1, 0.15) is 0 Å². The van der Waals surface area contributed by atoms with Gasteiger partial charge in [-0.3, -0.25) is 14.5 Å². The lowest BCUT2D eigenvalue weighted by Gasteiger charge is -2.57. The standard InChI is InChI=1S/C26H37N3O2/c30-24(27-15-4-5-16-27)14-6-13-23-22-12-8-18-28-17-7-11-21(25(22)28)19-29(23)26(31)20-9-2-1-3-10-20/h1-3,9-10,21-23,25H,4-8,11-19H2/t21-,22+,23+,25-/m0/s1. The van der Waals surface area contributed by atoms with Gasteiger partial charge in [-0.2, -0.15) is 0 Å². The fourth-order valence-electron chi connectivity index (χ4n) is 6.93. The molecule has 0 aromatic heterocycles. The van der Waals surface area contributed by atoms with Gasteiger partial charge in [0.2, 0.25) is 5.91 Å². The molecule has 31 heavy (non-hydrogen) atoms. The van der Waals surface area contributed by atoms with Crippen molar-refractivity contribution in [2.45, 2.75) is 69.9 Å². The quantitative estimate of drug-likeness (QED) is 0.724. The van der Waals surface area contributed by atoms with Crippen molar-refractivity contribution >= 4 is 11.8 Å². The number of benzene rings is 1. The number of carbonyl (C=O) groups is 2. The normalized spacial score (nSPS) is 30.8. The molecule has 1 aromatic carbocycles. The van der Waals surface area contributed by atoms with Crippen molar-refractivity contribution in [3.63, 3.8) is 0 Å². The van der Waals surface area contributed by atoms with Gasteiger partial charge in [0.05, 0.1) is 0 Å². The summed E-state index contributed by atoms with van der Waals surface area (Å²) in [5.41, 5.74) is 0.808. The van der Waals surface area contributed by atoms with E-state index in [1.807, 2.05) is 35.2 Å². The predicted octanol–water partition coefficient (Wildman–Crippen LogP) is 3.79. The molecule has 0 spiro atoms. The Kier molecular flexibility index (Phi) is 6.31. The Morgan fingerprint density at radius 1 is 0.903 bits per heavy atom. The van der Waals surface area contributed by atoms with Crippen LogP contribution < -0.4 is 0 Å². The Hall–Kier alpha value is -1.88. The minimum atomic E-state index is 0.192. The average molecular weight is 424 g/mol. The summed E-state index contributed by atoms with van der Waals surface area (Å²) in [7, 11) is 0. The third kappa shape index (κ3) is 4.26. The van der Waals surface area contributed by atoms with E-state index in [1.165, 1.54) is 38.8 Å². The van der Waals surface area contributed by atoms with Crippen LogP contribution in [0, 0.1) is 11.8 Å². The van der Waals surface area contributed by atoms with E-state index >= 15 is 0 Å². The molecule has 5 heteroatoms. The van der Waals surface area contributed by atoms with Gasteiger partial charge in [0, 0.05) is 43.7 Å². The first-order valence-corrected chi connectivity index (χ1v) is 12.6. The lowest BCUT2D eigenvalue weighted by Crippen LogP contribution is -2.65. The Labute approximate surface area is 186 Å². The lowest BCUT2D eigenvalue weighted by atomic mass is 9.69. The number of piperidine rings is 3. The van der Waals surface area contributed by atoms with E-state index in [4.69, 9.17) is 0 Å². The third-order valence-electron chi connectivity index (χ3n) is 8.30. The van der Waals surface area contributed by atoms with Crippen molar-refractivity contribution in [2.75, 3.05) is 32.7 Å². The van der Waals surface area contributed by atoms with Gasteiger partial charge in [0.25, 0.3) is 5.91 Å². The summed E-state index contributed by atoms with van der Waals surface area (Å²) in [5.74, 6) is 1.67. The van der Waals surface area contributed by atoms with Crippen LogP contribution in [0.5, 0.6) is 0 Å². The molecule has 5 nitrogen and oxygen atoms in total. The molecule has 5 rings (SSSR count). The molecule has 0 unspecified atom stereocenters. The molecule has 4 saturated heterocycles. The van der Waals surface area contributed by atoms with Gasteiger partial charge in [-0.15, -0.1) is 0 Å². The number of likely N-dealkylation sites (tertiary alicyclic amines) is 2. The summed E-state index contributed by atoms with van der Waals surface area (Å²) < 4.78 is 0. The van der Waals surface area contributed by atoms with Crippen molar-refractivity contribution < 1.29 is 9.59 Å². The minimum Gasteiger partial charge on any atom is -0.343 e. The van der Waals surface area contributed by atoms with Gasteiger partial charge in [-0.05, 0) is 88.4 Å². The number of hydrogen-bond acceptors (Lipinski definition) is 3. The molecule has 0 aliphatic carbocycles. The average Bonchev–Trinajstić information content (AvgIpc) is 3.36. The maximum Gasteiger partial charge on any atom is 0.254 e. The molecule has 4 aliphatic heterocycles. The molecule has 4 heterocycles. The molecule has 0 radical (unpaired) electrons. The van der Waals surface area contributed by atoms with Gasteiger partial charge in [-0.25, -0.2) is 0 Å². The second-order valence-electron chi connectivity index (χ2n) is 10.1. The largest absolute Gasteiger partial charge is 0.343 e. The Morgan fingerprint density at radius 2 is 1.65 bits per heavy atom. The molecule has 2 amide bonds. The van der Waals surface area contributed by atoms with E-state index in [9.17, 15) is 9.59 Å². The minimum absolute atomic E-state index is 0.192. The van der Waals surface area contributed by atoms with Crippen molar-refractivity contribution in [2.24, 2.45) is 11.8 Å². The second-order valence-corrected chi connectivity index (χ2v) is 10.1. The highest BCUT2D eigenvalue weighted by atomic mass is 16.2. The van der Waals surface area contributed by atoms with Gasteiger partial charge >= 0.3 is 0 Å². The van der Waals surface area contributed by atoms with Crippen LogP contribution in [0.1, 0.15) is 68.1 Å². The zero-order valence-corrected chi connectivity index (χ0v) is 18.8. The summed E-state index contributed by atoms with van der Waals surface area (Å²) in [6.07, 6.45) is 9.75. The van der Waals surface area contributed by atoms with Crippen molar-refractivity contribution in [1.82, 2.24) is 14.7 Å². The summed E-state index contributed by atoms with van der Waals surface area (Å²) in [6.45, 7) is 5.20.